The molecule has 1 rings (SSSR count). The number of rotatable bonds is 4. The molecule has 0 aromatic rings. The lowest BCUT2D eigenvalue weighted by atomic mass is 9.93. The maximum absolute atomic E-state index is 5.67. The monoisotopic (exact) mass is 175 g/mol. The van der Waals surface area contributed by atoms with E-state index in [-0.39, 0.29) is 0 Å². The fourth-order valence-corrected chi connectivity index (χ4v) is 2.37. The smallest absolute Gasteiger partial charge is 0.0498 e. The lowest BCUT2D eigenvalue weighted by Crippen LogP contribution is -2.25. The third-order valence-electron chi connectivity index (χ3n) is 2.32. The van der Waals surface area contributed by atoms with Gasteiger partial charge in [0.2, 0.25) is 0 Å². The second-order valence-corrected chi connectivity index (χ2v) is 3.99. The molecule has 0 amide bonds. The maximum atomic E-state index is 5.67. The summed E-state index contributed by atoms with van der Waals surface area (Å²) in [5.41, 5.74) is 5.67. The van der Waals surface area contributed by atoms with Crippen LogP contribution in [0.25, 0.3) is 0 Å². The van der Waals surface area contributed by atoms with E-state index in [1.165, 1.54) is 12.2 Å². The first-order chi connectivity index (χ1) is 5.38. The third kappa shape index (κ3) is 2.65. The average molecular weight is 175 g/mol. The summed E-state index contributed by atoms with van der Waals surface area (Å²) in [7, 11) is 0. The second-order valence-electron chi connectivity index (χ2n) is 3.07. The zero-order valence-electron chi connectivity index (χ0n) is 7.08. The van der Waals surface area contributed by atoms with Crippen LogP contribution < -0.4 is 5.73 Å². The highest BCUT2D eigenvalue weighted by Gasteiger charge is 2.23. The van der Waals surface area contributed by atoms with E-state index in [4.69, 9.17) is 10.5 Å². The molecule has 1 saturated heterocycles. The molecular formula is C8H17NOS. The molecule has 0 spiro atoms. The third-order valence-corrected chi connectivity index (χ3v) is 3.08. The van der Waals surface area contributed by atoms with Gasteiger partial charge in [-0.15, -0.1) is 0 Å². The first kappa shape index (κ1) is 9.36. The molecule has 2 unspecified atom stereocenters. The zero-order valence-corrected chi connectivity index (χ0v) is 7.90. The van der Waals surface area contributed by atoms with Gasteiger partial charge in [-0.05, 0) is 36.8 Å². The molecule has 0 saturated carbocycles. The first-order valence-corrected chi connectivity index (χ1v) is 5.54. The van der Waals surface area contributed by atoms with Crippen LogP contribution in [0.2, 0.25) is 0 Å². The van der Waals surface area contributed by atoms with E-state index in [1.807, 2.05) is 11.8 Å². The number of nitrogens with two attached hydrogens (primary N) is 1. The normalized spacial score (nSPS) is 27.3. The van der Waals surface area contributed by atoms with E-state index in [2.05, 4.69) is 6.26 Å². The van der Waals surface area contributed by atoms with Gasteiger partial charge in [-0.2, -0.15) is 11.8 Å². The predicted octanol–water partition coefficient (Wildman–Crippen LogP) is 0.961. The largest absolute Gasteiger partial charge is 0.381 e. The van der Waals surface area contributed by atoms with Gasteiger partial charge in [-0.25, -0.2) is 0 Å². The topological polar surface area (TPSA) is 35.2 Å². The van der Waals surface area contributed by atoms with E-state index in [1.54, 1.807) is 0 Å². The van der Waals surface area contributed by atoms with Gasteiger partial charge in [0.1, 0.15) is 0 Å². The highest BCUT2D eigenvalue weighted by Crippen LogP contribution is 2.23. The summed E-state index contributed by atoms with van der Waals surface area (Å²) >= 11 is 1.89. The van der Waals surface area contributed by atoms with Crippen LogP contribution in [-0.4, -0.2) is 31.8 Å². The van der Waals surface area contributed by atoms with Gasteiger partial charge in [0.15, 0.2) is 0 Å². The van der Waals surface area contributed by atoms with Gasteiger partial charge in [0, 0.05) is 13.2 Å². The summed E-state index contributed by atoms with van der Waals surface area (Å²) < 4.78 is 5.32. The van der Waals surface area contributed by atoms with Crippen LogP contribution in [0.15, 0.2) is 0 Å². The van der Waals surface area contributed by atoms with Gasteiger partial charge >= 0.3 is 0 Å². The van der Waals surface area contributed by atoms with Gasteiger partial charge in [0.05, 0.1) is 0 Å². The standard InChI is InChI=1S/C8H17NOS/c1-11-6-8(4-9)7-2-3-10-5-7/h7-8H,2-6,9H2,1H3. The Morgan fingerprint density at radius 3 is 3.00 bits per heavy atom. The van der Waals surface area contributed by atoms with Crippen molar-refractivity contribution in [3.63, 3.8) is 0 Å². The molecule has 0 aromatic carbocycles. The predicted molar refractivity (Wildman–Crippen MR) is 49.9 cm³/mol. The van der Waals surface area contributed by atoms with E-state index < -0.39 is 0 Å². The SMILES string of the molecule is CSCC(CN)C1CCOC1. The molecule has 1 aliphatic heterocycles. The lowest BCUT2D eigenvalue weighted by Gasteiger charge is -2.18. The van der Waals surface area contributed by atoms with Gasteiger partial charge in [-0.3, -0.25) is 0 Å². The molecular weight excluding hydrogens is 158 g/mol. The molecule has 1 fully saturated rings. The van der Waals surface area contributed by atoms with Crippen molar-refractivity contribution in [2.24, 2.45) is 17.6 Å². The Labute approximate surface area is 72.9 Å². The van der Waals surface area contributed by atoms with Crippen molar-refractivity contribution in [1.82, 2.24) is 0 Å². The van der Waals surface area contributed by atoms with Crippen LogP contribution in [0.1, 0.15) is 6.42 Å². The molecule has 3 heteroatoms. The Hall–Kier alpha value is 0.270. The number of hydrogen-bond donors (Lipinski definition) is 1. The van der Waals surface area contributed by atoms with Crippen molar-refractivity contribution < 1.29 is 4.74 Å². The van der Waals surface area contributed by atoms with Crippen LogP contribution in [0.5, 0.6) is 0 Å². The molecule has 1 aliphatic rings. The van der Waals surface area contributed by atoms with Crippen LogP contribution in [0.3, 0.4) is 0 Å². The van der Waals surface area contributed by atoms with Crippen molar-refractivity contribution in [2.45, 2.75) is 6.42 Å². The molecule has 2 nitrogen and oxygen atoms in total. The fraction of sp³-hybridized carbons (Fsp3) is 1.00. The Balaban J connectivity index is 2.27. The summed E-state index contributed by atoms with van der Waals surface area (Å²) in [6.45, 7) is 2.69. The van der Waals surface area contributed by atoms with Crippen molar-refractivity contribution in [3.8, 4) is 0 Å². The van der Waals surface area contributed by atoms with Crippen LogP contribution in [-0.2, 0) is 4.74 Å². The van der Waals surface area contributed by atoms with Crippen molar-refractivity contribution in [2.75, 3.05) is 31.8 Å². The minimum Gasteiger partial charge on any atom is -0.381 e. The average Bonchev–Trinajstić information content (AvgIpc) is 2.52. The summed E-state index contributed by atoms with van der Waals surface area (Å²) in [5.74, 6) is 2.59. The Morgan fingerprint density at radius 2 is 2.55 bits per heavy atom. The van der Waals surface area contributed by atoms with E-state index >= 15 is 0 Å². The van der Waals surface area contributed by atoms with Crippen LogP contribution >= 0.6 is 11.8 Å². The lowest BCUT2D eigenvalue weighted by molar-refractivity contribution is 0.176. The molecule has 0 aromatic heterocycles. The highest BCUT2D eigenvalue weighted by atomic mass is 32.2. The Morgan fingerprint density at radius 1 is 1.73 bits per heavy atom. The second kappa shape index (κ2) is 5.01. The summed E-state index contributed by atoms with van der Waals surface area (Å²) in [6, 6.07) is 0. The summed E-state index contributed by atoms with van der Waals surface area (Å²) in [5, 5.41) is 0. The number of hydrogen-bond acceptors (Lipinski definition) is 3. The molecule has 11 heavy (non-hydrogen) atoms. The van der Waals surface area contributed by atoms with Gasteiger partial charge in [0.25, 0.3) is 0 Å². The summed E-state index contributed by atoms with van der Waals surface area (Å²) in [6.07, 6.45) is 3.35. The molecule has 2 atom stereocenters. The minimum absolute atomic E-state index is 0.674. The zero-order chi connectivity index (χ0) is 8.10. The van der Waals surface area contributed by atoms with Crippen LogP contribution in [0, 0.1) is 11.8 Å². The molecule has 0 bridgehead atoms. The van der Waals surface area contributed by atoms with Gasteiger partial charge in [-0.1, -0.05) is 0 Å². The van der Waals surface area contributed by atoms with E-state index in [0.29, 0.717) is 5.92 Å². The maximum Gasteiger partial charge on any atom is 0.0498 e. The highest BCUT2D eigenvalue weighted by molar-refractivity contribution is 7.98. The Kier molecular flexibility index (Phi) is 4.26. The molecule has 1 heterocycles. The molecule has 0 radical (unpaired) electrons. The van der Waals surface area contributed by atoms with Crippen molar-refractivity contribution >= 4 is 11.8 Å². The molecule has 66 valence electrons. The fourth-order valence-electron chi connectivity index (χ4n) is 1.54. The van der Waals surface area contributed by atoms with Gasteiger partial charge < -0.3 is 10.5 Å². The number of ether oxygens (including phenoxy) is 1. The number of thioether (sulfide) groups is 1. The Bertz CT molecular complexity index is 104. The van der Waals surface area contributed by atoms with E-state index in [0.717, 1.165) is 25.7 Å². The van der Waals surface area contributed by atoms with Crippen molar-refractivity contribution in [1.29, 1.82) is 0 Å². The van der Waals surface area contributed by atoms with Crippen molar-refractivity contribution in [3.05, 3.63) is 0 Å². The first-order valence-electron chi connectivity index (χ1n) is 4.15. The van der Waals surface area contributed by atoms with E-state index in [9.17, 15) is 0 Å². The quantitative estimate of drug-likeness (QED) is 0.691. The molecule has 2 N–H and O–H groups in total. The summed E-state index contributed by atoms with van der Waals surface area (Å²) in [4.78, 5) is 0. The van der Waals surface area contributed by atoms with Crippen LogP contribution in [0.4, 0.5) is 0 Å². The minimum atomic E-state index is 0.674. The molecule has 0 aliphatic carbocycles.